The third kappa shape index (κ3) is 4.68. The molecule has 1 aromatic carbocycles. The van der Waals surface area contributed by atoms with Gasteiger partial charge >= 0.3 is 0 Å². The van der Waals surface area contributed by atoms with Crippen LogP contribution in [0.3, 0.4) is 0 Å². The number of methoxy groups -OCH3 is 1. The zero-order valence-electron chi connectivity index (χ0n) is 15.1. The molecule has 0 atom stereocenters. The molecule has 0 bridgehead atoms. The van der Waals surface area contributed by atoms with E-state index in [0.717, 1.165) is 5.56 Å². The van der Waals surface area contributed by atoms with E-state index in [1.807, 2.05) is 31.2 Å². The molecule has 2 heterocycles. The van der Waals surface area contributed by atoms with Gasteiger partial charge in [-0.3, -0.25) is 9.59 Å². The van der Waals surface area contributed by atoms with Crippen LogP contribution in [-0.2, 0) is 22.5 Å². The van der Waals surface area contributed by atoms with E-state index < -0.39 is 0 Å². The third-order valence-corrected chi connectivity index (χ3v) is 3.96. The monoisotopic (exact) mass is 368 g/mol. The van der Waals surface area contributed by atoms with Crippen LogP contribution < -0.4 is 10.9 Å². The van der Waals surface area contributed by atoms with Gasteiger partial charge in [0.2, 0.25) is 5.91 Å². The Kier molecular flexibility index (Phi) is 5.77. The lowest BCUT2D eigenvalue weighted by Gasteiger charge is -2.10. The molecule has 0 spiro atoms. The van der Waals surface area contributed by atoms with E-state index in [0.29, 0.717) is 30.1 Å². The summed E-state index contributed by atoms with van der Waals surface area (Å²) in [5.74, 6) is 0.505. The predicted octanol–water partition coefficient (Wildman–Crippen LogP) is 2.03. The van der Waals surface area contributed by atoms with Gasteiger partial charge in [-0.2, -0.15) is 4.98 Å². The van der Waals surface area contributed by atoms with Crippen LogP contribution in [0.2, 0.25) is 0 Å². The molecule has 3 aromatic rings. The third-order valence-electron chi connectivity index (χ3n) is 3.96. The van der Waals surface area contributed by atoms with E-state index in [1.54, 1.807) is 13.2 Å². The maximum atomic E-state index is 12.3. The van der Waals surface area contributed by atoms with Crippen LogP contribution in [0.1, 0.15) is 11.4 Å². The van der Waals surface area contributed by atoms with Crippen molar-refractivity contribution in [2.75, 3.05) is 19.0 Å². The number of anilines is 1. The number of aryl methyl sites for hydroxylation is 1. The van der Waals surface area contributed by atoms with Gasteiger partial charge in [0, 0.05) is 31.5 Å². The first-order valence-electron chi connectivity index (χ1n) is 8.44. The Hall–Kier alpha value is -3.26. The lowest BCUT2D eigenvalue weighted by molar-refractivity contribution is -0.116. The van der Waals surface area contributed by atoms with Crippen LogP contribution in [0, 0.1) is 6.92 Å². The smallest absolute Gasteiger partial charge is 0.259 e. The van der Waals surface area contributed by atoms with Crippen LogP contribution in [-0.4, -0.2) is 34.3 Å². The van der Waals surface area contributed by atoms with E-state index >= 15 is 0 Å². The SMILES string of the molecule is COCCc1noc(-c2ccc(=O)n(CC(=O)Nc3ccccc3C)c2)n1. The van der Waals surface area contributed by atoms with Gasteiger partial charge in [-0.1, -0.05) is 23.4 Å². The normalized spacial score (nSPS) is 10.7. The molecule has 8 heteroatoms. The minimum absolute atomic E-state index is 0.119. The molecular weight excluding hydrogens is 348 g/mol. The lowest BCUT2D eigenvalue weighted by atomic mass is 10.2. The average molecular weight is 368 g/mol. The van der Waals surface area contributed by atoms with Gasteiger partial charge in [-0.25, -0.2) is 0 Å². The molecule has 140 valence electrons. The van der Waals surface area contributed by atoms with Gasteiger partial charge in [0.05, 0.1) is 12.2 Å². The number of pyridine rings is 1. The number of amides is 1. The highest BCUT2D eigenvalue weighted by Gasteiger charge is 2.12. The van der Waals surface area contributed by atoms with Crippen molar-refractivity contribution in [3.05, 3.63) is 64.3 Å². The second-order valence-corrected chi connectivity index (χ2v) is 6.01. The zero-order valence-corrected chi connectivity index (χ0v) is 15.1. The Morgan fingerprint density at radius 3 is 2.85 bits per heavy atom. The molecule has 0 aliphatic heterocycles. The summed E-state index contributed by atoms with van der Waals surface area (Å²) >= 11 is 0. The molecule has 1 N–H and O–H groups in total. The van der Waals surface area contributed by atoms with Crippen molar-refractivity contribution in [1.29, 1.82) is 0 Å². The molecule has 0 fully saturated rings. The summed E-state index contributed by atoms with van der Waals surface area (Å²) in [6, 6.07) is 10.4. The number of para-hydroxylation sites is 1. The van der Waals surface area contributed by atoms with Crippen molar-refractivity contribution in [2.45, 2.75) is 19.9 Å². The minimum Gasteiger partial charge on any atom is -0.384 e. The number of rotatable bonds is 7. The predicted molar refractivity (Wildman–Crippen MR) is 99.4 cm³/mol. The van der Waals surface area contributed by atoms with E-state index in [2.05, 4.69) is 15.5 Å². The van der Waals surface area contributed by atoms with Crippen LogP contribution in [0.4, 0.5) is 5.69 Å². The molecule has 3 rings (SSSR count). The van der Waals surface area contributed by atoms with Gasteiger partial charge in [0.1, 0.15) is 6.54 Å². The topological polar surface area (TPSA) is 99.3 Å². The number of carbonyl (C=O) groups excluding carboxylic acids is 1. The fourth-order valence-electron chi connectivity index (χ4n) is 2.51. The van der Waals surface area contributed by atoms with Gasteiger partial charge in [0.25, 0.3) is 11.4 Å². The molecular formula is C19H20N4O4. The summed E-state index contributed by atoms with van der Waals surface area (Å²) in [4.78, 5) is 28.7. The fraction of sp³-hybridized carbons (Fsp3) is 0.263. The maximum absolute atomic E-state index is 12.3. The van der Waals surface area contributed by atoms with Crippen molar-refractivity contribution in [2.24, 2.45) is 0 Å². The Balaban J connectivity index is 1.75. The number of carbonyl (C=O) groups is 1. The molecule has 1 amide bonds. The van der Waals surface area contributed by atoms with Gasteiger partial charge in [0.15, 0.2) is 5.82 Å². The van der Waals surface area contributed by atoms with Gasteiger partial charge in [-0.05, 0) is 24.6 Å². The first-order valence-corrected chi connectivity index (χ1v) is 8.44. The molecule has 0 radical (unpaired) electrons. The highest BCUT2D eigenvalue weighted by molar-refractivity contribution is 5.91. The number of hydrogen-bond donors (Lipinski definition) is 1. The summed E-state index contributed by atoms with van der Waals surface area (Å²) in [7, 11) is 1.60. The van der Waals surface area contributed by atoms with E-state index in [9.17, 15) is 9.59 Å². The van der Waals surface area contributed by atoms with Crippen LogP contribution in [0.25, 0.3) is 11.5 Å². The number of ether oxygens (including phenoxy) is 1. The average Bonchev–Trinajstić information content (AvgIpc) is 3.12. The van der Waals surface area contributed by atoms with Crippen molar-refractivity contribution < 1.29 is 14.1 Å². The fourth-order valence-corrected chi connectivity index (χ4v) is 2.51. The molecule has 2 aromatic heterocycles. The number of benzene rings is 1. The number of hydrogen-bond acceptors (Lipinski definition) is 6. The van der Waals surface area contributed by atoms with Crippen molar-refractivity contribution in [1.82, 2.24) is 14.7 Å². The van der Waals surface area contributed by atoms with E-state index in [4.69, 9.17) is 9.26 Å². The molecule has 8 nitrogen and oxygen atoms in total. The summed E-state index contributed by atoms with van der Waals surface area (Å²) in [6.45, 7) is 2.27. The van der Waals surface area contributed by atoms with Gasteiger partial charge in [-0.15, -0.1) is 0 Å². The van der Waals surface area contributed by atoms with E-state index in [1.165, 1.54) is 16.8 Å². The zero-order chi connectivity index (χ0) is 19.2. The second-order valence-electron chi connectivity index (χ2n) is 6.01. The summed E-state index contributed by atoms with van der Waals surface area (Å²) in [5, 5.41) is 6.68. The maximum Gasteiger partial charge on any atom is 0.259 e. The first-order chi connectivity index (χ1) is 13.1. The number of nitrogens with one attached hydrogen (secondary N) is 1. The molecule has 27 heavy (non-hydrogen) atoms. The van der Waals surface area contributed by atoms with Crippen LogP contribution >= 0.6 is 0 Å². The number of aromatic nitrogens is 3. The van der Waals surface area contributed by atoms with Crippen LogP contribution in [0.5, 0.6) is 0 Å². The molecule has 0 aliphatic carbocycles. The Labute approximate surface area is 155 Å². The molecule has 0 saturated carbocycles. The standard InChI is InChI=1S/C19H20N4O4/c1-13-5-3-4-6-15(13)20-17(24)12-23-11-14(7-8-18(23)25)19-21-16(22-27-19)9-10-26-2/h3-8,11H,9-10,12H2,1-2H3,(H,20,24). The Bertz CT molecular complexity index is 993. The van der Waals surface area contributed by atoms with Crippen molar-refractivity contribution >= 4 is 11.6 Å². The lowest BCUT2D eigenvalue weighted by Crippen LogP contribution is -2.27. The molecule has 0 aliphatic rings. The van der Waals surface area contributed by atoms with Crippen molar-refractivity contribution in [3.63, 3.8) is 0 Å². The summed E-state index contributed by atoms with van der Waals surface area (Å²) in [6.07, 6.45) is 2.06. The first kappa shape index (κ1) is 18.5. The Morgan fingerprint density at radius 1 is 1.26 bits per heavy atom. The van der Waals surface area contributed by atoms with E-state index in [-0.39, 0.29) is 23.9 Å². The highest BCUT2D eigenvalue weighted by atomic mass is 16.5. The number of nitrogens with zero attached hydrogens (tertiary/aromatic N) is 3. The summed E-state index contributed by atoms with van der Waals surface area (Å²) in [5.41, 5.74) is 1.93. The second kappa shape index (κ2) is 8.41. The Morgan fingerprint density at radius 2 is 2.07 bits per heavy atom. The summed E-state index contributed by atoms with van der Waals surface area (Å²) < 4.78 is 11.5. The highest BCUT2D eigenvalue weighted by Crippen LogP contribution is 2.16. The molecule has 0 unspecified atom stereocenters. The van der Waals surface area contributed by atoms with Gasteiger partial charge < -0.3 is 19.1 Å². The largest absolute Gasteiger partial charge is 0.384 e. The molecule has 0 saturated heterocycles. The van der Waals surface area contributed by atoms with Crippen molar-refractivity contribution in [3.8, 4) is 11.5 Å². The quantitative estimate of drug-likeness (QED) is 0.685. The van der Waals surface area contributed by atoms with Crippen LogP contribution in [0.15, 0.2) is 51.9 Å². The minimum atomic E-state index is -0.296.